The monoisotopic (exact) mass is 278 g/mol. The molecule has 0 atom stereocenters. The molecule has 0 aliphatic heterocycles. The van der Waals surface area contributed by atoms with E-state index in [-0.39, 0.29) is 36.0 Å². The zero-order valence-electron chi connectivity index (χ0n) is 9.40. The van der Waals surface area contributed by atoms with Gasteiger partial charge >= 0.3 is 16.8 Å². The number of carbonyl (C=O) groups excluding carboxylic acids is 3. The summed E-state index contributed by atoms with van der Waals surface area (Å²) in [6.07, 6.45) is 0.333. The summed E-state index contributed by atoms with van der Waals surface area (Å²) in [5.74, 6) is -2.99. The number of rotatable bonds is 3. The first-order valence-corrected chi connectivity index (χ1v) is 4.41. The number of hydrogen-bond donors (Lipinski definition) is 0. The molecule has 0 N–H and O–H groups in total. The molecule has 16 heavy (non-hydrogen) atoms. The Morgan fingerprint density at radius 2 is 0.750 bits per heavy atom. The fourth-order valence-corrected chi connectivity index (χ4v) is 0. The van der Waals surface area contributed by atoms with Crippen LogP contribution in [0.4, 0.5) is 0 Å². The summed E-state index contributed by atoms with van der Waals surface area (Å²) in [5.41, 5.74) is 0. The van der Waals surface area contributed by atoms with Gasteiger partial charge in [0.1, 0.15) is 0 Å². The molecule has 0 radical (unpaired) electrons. The second kappa shape index (κ2) is 19.5. The summed E-state index contributed by atoms with van der Waals surface area (Å²) in [4.78, 5) is 27.8. The topological polar surface area (TPSA) is 120 Å². The Labute approximate surface area is 105 Å². The molecule has 0 amide bonds. The van der Waals surface area contributed by atoms with Gasteiger partial charge in [0.05, 0.1) is 0 Å². The van der Waals surface area contributed by atoms with Crippen LogP contribution in [0, 0.1) is 0 Å². The number of carboxylic acid groups (broad SMARTS) is 3. The fourth-order valence-electron chi connectivity index (χ4n) is 0. The van der Waals surface area contributed by atoms with E-state index in [0.29, 0.717) is 0 Å². The molecular formula is C9H15CoO6. The average molecular weight is 278 g/mol. The van der Waals surface area contributed by atoms with E-state index in [0.717, 1.165) is 0 Å². The number of carboxylic acids is 3. The molecule has 96 valence electrons. The van der Waals surface area contributed by atoms with Crippen molar-refractivity contribution < 1.29 is 46.5 Å². The normalized spacial score (nSPS) is 6.94. The third-order valence-corrected chi connectivity index (χ3v) is 0.866. The van der Waals surface area contributed by atoms with Gasteiger partial charge in [0.2, 0.25) is 0 Å². The minimum atomic E-state index is -0.995. The van der Waals surface area contributed by atoms with Crippen LogP contribution in [-0.4, -0.2) is 17.9 Å². The number of aliphatic carboxylic acids is 3. The zero-order valence-corrected chi connectivity index (χ0v) is 10.4. The molecule has 0 aliphatic carbocycles. The van der Waals surface area contributed by atoms with Crippen molar-refractivity contribution in [2.45, 2.75) is 40.0 Å². The van der Waals surface area contributed by atoms with E-state index in [1.807, 2.05) is 0 Å². The van der Waals surface area contributed by atoms with Crippen LogP contribution >= 0.6 is 0 Å². The summed E-state index contributed by atoms with van der Waals surface area (Å²) < 4.78 is 0. The summed E-state index contributed by atoms with van der Waals surface area (Å²) in [7, 11) is 0. The second-order valence-corrected chi connectivity index (χ2v) is 2.18. The van der Waals surface area contributed by atoms with E-state index < -0.39 is 17.9 Å². The molecule has 7 heteroatoms. The molecule has 0 aromatic heterocycles. The first kappa shape index (κ1) is 24.2. The van der Waals surface area contributed by atoms with Crippen molar-refractivity contribution in [2.75, 3.05) is 0 Å². The quantitative estimate of drug-likeness (QED) is 0.559. The van der Waals surface area contributed by atoms with Gasteiger partial charge in [-0.1, -0.05) is 20.8 Å². The van der Waals surface area contributed by atoms with E-state index in [4.69, 9.17) is 0 Å². The fraction of sp³-hybridized carbons (Fsp3) is 0.667. The summed E-state index contributed by atoms with van der Waals surface area (Å²) in [5, 5.41) is 27.8. The van der Waals surface area contributed by atoms with Gasteiger partial charge in [0.15, 0.2) is 0 Å². The van der Waals surface area contributed by atoms with Crippen LogP contribution in [0.2, 0.25) is 0 Å². The van der Waals surface area contributed by atoms with Gasteiger partial charge in [-0.05, 0) is 19.3 Å². The maximum Gasteiger partial charge on any atom is 3.00 e. The molecule has 0 saturated carbocycles. The Hall–Kier alpha value is -1.08. The molecule has 0 fully saturated rings. The standard InChI is InChI=1S/3C3H6O2.Co/c3*1-2-3(4)5;/h3*2H2,1H3,(H,4,5);/q;;;+3/p-3. The SMILES string of the molecule is CCC(=O)[O-].CCC(=O)[O-].CCC(=O)[O-].[Co+3]. The van der Waals surface area contributed by atoms with Crippen LogP contribution < -0.4 is 15.3 Å². The van der Waals surface area contributed by atoms with E-state index in [1.54, 1.807) is 0 Å². The third kappa shape index (κ3) is 75.9. The van der Waals surface area contributed by atoms with Crippen molar-refractivity contribution in [3.63, 3.8) is 0 Å². The van der Waals surface area contributed by atoms with Gasteiger partial charge in [-0.3, -0.25) is 0 Å². The molecule has 0 bridgehead atoms. The first-order chi connectivity index (χ1) is 6.81. The molecule has 0 heterocycles. The predicted octanol–water partition coefficient (Wildman–Crippen LogP) is -2.56. The third-order valence-electron chi connectivity index (χ3n) is 0.866. The first-order valence-electron chi connectivity index (χ1n) is 4.41. The minimum absolute atomic E-state index is 0. The van der Waals surface area contributed by atoms with Crippen LogP contribution in [-0.2, 0) is 31.2 Å². The maximum absolute atomic E-state index is 9.26. The zero-order chi connectivity index (χ0) is 12.9. The molecule has 0 aromatic carbocycles. The Bertz CT molecular complexity index is 159. The van der Waals surface area contributed by atoms with Crippen molar-refractivity contribution in [1.29, 1.82) is 0 Å². The van der Waals surface area contributed by atoms with Crippen molar-refractivity contribution in [3.05, 3.63) is 0 Å². The summed E-state index contributed by atoms with van der Waals surface area (Å²) >= 11 is 0. The van der Waals surface area contributed by atoms with Gasteiger partial charge in [-0.15, -0.1) is 0 Å². The largest absolute Gasteiger partial charge is 3.00 e. The number of hydrogen-bond acceptors (Lipinski definition) is 6. The Balaban J connectivity index is -0.0000000655. The van der Waals surface area contributed by atoms with Crippen molar-refractivity contribution in [3.8, 4) is 0 Å². The van der Waals surface area contributed by atoms with E-state index in [1.165, 1.54) is 20.8 Å². The van der Waals surface area contributed by atoms with Gasteiger partial charge < -0.3 is 29.7 Å². The molecule has 0 aromatic rings. The average Bonchev–Trinajstić information content (AvgIpc) is 2.19. The van der Waals surface area contributed by atoms with Gasteiger partial charge in [-0.25, -0.2) is 0 Å². The predicted molar refractivity (Wildman–Crippen MR) is 45.9 cm³/mol. The van der Waals surface area contributed by atoms with Gasteiger partial charge in [-0.2, -0.15) is 0 Å². The second-order valence-electron chi connectivity index (χ2n) is 2.18. The van der Waals surface area contributed by atoms with Crippen LogP contribution in [0.3, 0.4) is 0 Å². The molecule has 6 nitrogen and oxygen atoms in total. The van der Waals surface area contributed by atoms with Crippen LogP contribution in [0.25, 0.3) is 0 Å². The van der Waals surface area contributed by atoms with Crippen molar-refractivity contribution in [2.24, 2.45) is 0 Å². The van der Waals surface area contributed by atoms with Crippen LogP contribution in [0.1, 0.15) is 40.0 Å². The number of carbonyl (C=O) groups is 3. The maximum atomic E-state index is 9.26. The molecule has 0 aliphatic rings. The van der Waals surface area contributed by atoms with Gasteiger partial charge in [0, 0.05) is 17.9 Å². The molecular weight excluding hydrogens is 263 g/mol. The summed E-state index contributed by atoms with van der Waals surface area (Å²) in [6, 6.07) is 0. The van der Waals surface area contributed by atoms with Crippen LogP contribution in [0.5, 0.6) is 0 Å². The molecule has 0 rings (SSSR count). The summed E-state index contributed by atoms with van der Waals surface area (Å²) in [6.45, 7) is 4.61. The Kier molecular flexibility index (Phi) is 29.5. The van der Waals surface area contributed by atoms with Gasteiger partial charge in [0.25, 0.3) is 0 Å². The minimum Gasteiger partial charge on any atom is -0.550 e. The Morgan fingerprint density at radius 3 is 0.750 bits per heavy atom. The molecule has 0 unspecified atom stereocenters. The molecule has 0 saturated heterocycles. The Morgan fingerprint density at radius 1 is 0.688 bits per heavy atom. The van der Waals surface area contributed by atoms with Crippen molar-refractivity contribution >= 4 is 17.9 Å². The van der Waals surface area contributed by atoms with E-state index >= 15 is 0 Å². The van der Waals surface area contributed by atoms with Crippen molar-refractivity contribution in [1.82, 2.24) is 0 Å². The smallest absolute Gasteiger partial charge is 0.550 e. The van der Waals surface area contributed by atoms with Crippen LogP contribution in [0.15, 0.2) is 0 Å². The van der Waals surface area contributed by atoms with E-state index in [2.05, 4.69) is 0 Å². The molecule has 0 spiro atoms. The van der Waals surface area contributed by atoms with E-state index in [9.17, 15) is 29.7 Å².